The number of H-pyrrole nitrogens is 2. The molecule has 3 aromatic rings. The van der Waals surface area contributed by atoms with Gasteiger partial charge in [-0.1, -0.05) is 11.8 Å². The van der Waals surface area contributed by atoms with E-state index in [0.29, 0.717) is 40.5 Å². The summed E-state index contributed by atoms with van der Waals surface area (Å²) in [4.78, 5) is 29.3. The average Bonchev–Trinajstić information content (AvgIpc) is 3.32. The molecule has 160 valence electrons. The van der Waals surface area contributed by atoms with Gasteiger partial charge in [0.1, 0.15) is 5.82 Å². The number of carbonyl (C=O) groups is 1. The molecule has 2 atom stereocenters. The summed E-state index contributed by atoms with van der Waals surface area (Å²) >= 11 is 1.28. The van der Waals surface area contributed by atoms with E-state index in [0.717, 1.165) is 0 Å². The maximum absolute atomic E-state index is 12.6. The predicted molar refractivity (Wildman–Crippen MR) is 114 cm³/mol. The number of nitrogens with one attached hydrogen (secondary N) is 3. The van der Waals surface area contributed by atoms with Crippen LogP contribution in [0.25, 0.3) is 11.0 Å². The molecule has 0 saturated carbocycles. The van der Waals surface area contributed by atoms with Gasteiger partial charge in [-0.15, -0.1) is 10.2 Å². The van der Waals surface area contributed by atoms with Crippen LogP contribution in [-0.2, 0) is 28.1 Å². The normalized spacial score (nSPS) is 19.2. The number of hydrogen-bond acceptors (Lipinski definition) is 7. The lowest BCUT2D eigenvalue weighted by molar-refractivity contribution is -0.115. The number of amides is 1. The molecule has 0 radical (unpaired) electrons. The van der Waals surface area contributed by atoms with Crippen LogP contribution in [0.5, 0.6) is 0 Å². The molecule has 2 aromatic heterocycles. The zero-order valence-corrected chi connectivity index (χ0v) is 18.1. The highest BCUT2D eigenvalue weighted by atomic mass is 32.2. The first-order chi connectivity index (χ1) is 14.2. The lowest BCUT2D eigenvalue weighted by Gasteiger charge is -2.12. The van der Waals surface area contributed by atoms with E-state index in [1.165, 1.54) is 11.8 Å². The van der Waals surface area contributed by atoms with Gasteiger partial charge in [-0.25, -0.2) is 13.2 Å². The van der Waals surface area contributed by atoms with E-state index in [1.807, 2.05) is 11.6 Å². The zero-order chi connectivity index (χ0) is 21.5. The number of hydrogen-bond donors (Lipinski definition) is 3. The highest BCUT2D eigenvalue weighted by Gasteiger charge is 2.29. The van der Waals surface area contributed by atoms with Crippen molar-refractivity contribution >= 4 is 44.2 Å². The molecule has 1 aromatic carbocycles. The molecule has 0 bridgehead atoms. The van der Waals surface area contributed by atoms with E-state index in [-0.39, 0.29) is 29.0 Å². The summed E-state index contributed by atoms with van der Waals surface area (Å²) in [5.74, 6) is 0.998. The molecule has 4 rings (SSSR count). The molecule has 1 saturated heterocycles. The van der Waals surface area contributed by atoms with Crippen LogP contribution in [0.1, 0.15) is 19.2 Å². The Labute approximate surface area is 176 Å². The Balaban J connectivity index is 1.39. The van der Waals surface area contributed by atoms with Gasteiger partial charge in [0.05, 0.1) is 27.8 Å². The summed E-state index contributed by atoms with van der Waals surface area (Å²) in [6.45, 7) is 1.77. The zero-order valence-electron chi connectivity index (χ0n) is 16.5. The Morgan fingerprint density at radius 2 is 2.10 bits per heavy atom. The third kappa shape index (κ3) is 4.43. The van der Waals surface area contributed by atoms with Crippen LogP contribution in [0.4, 0.5) is 5.69 Å². The van der Waals surface area contributed by atoms with E-state index in [2.05, 4.69) is 25.5 Å². The summed E-state index contributed by atoms with van der Waals surface area (Å²) in [6, 6.07) is 5.13. The van der Waals surface area contributed by atoms with Crippen molar-refractivity contribution in [1.29, 1.82) is 0 Å². The van der Waals surface area contributed by atoms with Crippen molar-refractivity contribution in [3.05, 3.63) is 34.5 Å². The van der Waals surface area contributed by atoms with Crippen LogP contribution in [0.15, 0.2) is 28.2 Å². The quantitative estimate of drug-likeness (QED) is 0.477. The number of rotatable bonds is 6. The number of nitrogens with zero attached hydrogens (tertiary/aromatic N) is 3. The molecule has 30 heavy (non-hydrogen) atoms. The second-order valence-corrected chi connectivity index (χ2v) is 11.1. The Hall–Kier alpha value is -2.60. The van der Waals surface area contributed by atoms with Gasteiger partial charge in [0.2, 0.25) is 5.91 Å². The van der Waals surface area contributed by atoms with Gasteiger partial charge in [0.15, 0.2) is 15.0 Å². The van der Waals surface area contributed by atoms with Crippen molar-refractivity contribution < 1.29 is 13.2 Å². The summed E-state index contributed by atoms with van der Waals surface area (Å²) < 4.78 is 25.1. The third-order valence-electron chi connectivity index (χ3n) is 5.16. The van der Waals surface area contributed by atoms with Crippen molar-refractivity contribution in [2.75, 3.05) is 16.8 Å². The highest BCUT2D eigenvalue weighted by Crippen LogP contribution is 2.26. The monoisotopic (exact) mass is 450 g/mol. The van der Waals surface area contributed by atoms with Crippen LogP contribution in [0, 0.1) is 5.92 Å². The summed E-state index contributed by atoms with van der Waals surface area (Å²) in [6.07, 6.45) is 1.20. The summed E-state index contributed by atoms with van der Waals surface area (Å²) in [5, 5.41) is 11.4. The number of thioether (sulfide) groups is 1. The fraction of sp³-hybridized carbons (Fsp3) is 0.444. The number of sulfone groups is 1. The van der Waals surface area contributed by atoms with Crippen LogP contribution in [0.3, 0.4) is 0 Å². The lowest BCUT2D eigenvalue weighted by atomic mass is 10.1. The molecular weight excluding hydrogens is 428 g/mol. The van der Waals surface area contributed by atoms with Crippen LogP contribution >= 0.6 is 11.8 Å². The van der Waals surface area contributed by atoms with Gasteiger partial charge >= 0.3 is 5.69 Å². The van der Waals surface area contributed by atoms with Crippen LogP contribution < -0.4 is 11.0 Å². The number of imidazole rings is 1. The van der Waals surface area contributed by atoms with Gasteiger partial charge < -0.3 is 19.9 Å². The smallest absolute Gasteiger partial charge is 0.323 e. The van der Waals surface area contributed by atoms with Gasteiger partial charge in [-0.05, 0) is 37.5 Å². The van der Waals surface area contributed by atoms with Crippen molar-refractivity contribution in [3.63, 3.8) is 0 Å². The van der Waals surface area contributed by atoms with E-state index in [1.54, 1.807) is 25.1 Å². The number of fused-ring (bicyclic) bond motifs is 1. The molecule has 3 N–H and O–H groups in total. The molecule has 1 fully saturated rings. The van der Waals surface area contributed by atoms with E-state index >= 15 is 0 Å². The van der Waals surface area contributed by atoms with Crippen molar-refractivity contribution in [1.82, 2.24) is 24.7 Å². The molecule has 0 spiro atoms. The Morgan fingerprint density at radius 1 is 1.33 bits per heavy atom. The van der Waals surface area contributed by atoms with Crippen LogP contribution in [-0.4, -0.2) is 55.8 Å². The number of aromatic amines is 2. The molecule has 0 unspecified atom stereocenters. The van der Waals surface area contributed by atoms with E-state index < -0.39 is 15.1 Å². The predicted octanol–water partition coefficient (Wildman–Crippen LogP) is 1.08. The molecule has 0 aliphatic carbocycles. The fourth-order valence-electron chi connectivity index (χ4n) is 3.48. The Kier molecular flexibility index (Phi) is 5.45. The number of aromatic nitrogens is 5. The van der Waals surface area contributed by atoms with E-state index in [9.17, 15) is 18.0 Å². The van der Waals surface area contributed by atoms with Crippen LogP contribution in [0.2, 0.25) is 0 Å². The molecule has 12 heteroatoms. The van der Waals surface area contributed by atoms with Gasteiger partial charge in [0.25, 0.3) is 0 Å². The SMILES string of the molecule is C[C@@H](Sc1nnc(C[C@H]2CCS(=O)(=O)C2)n1C)C(=O)Nc1ccc2[nH]c(=O)[nH]c2c1. The van der Waals surface area contributed by atoms with Gasteiger partial charge in [-0.3, -0.25) is 4.79 Å². The minimum absolute atomic E-state index is 0.0614. The molecule has 3 heterocycles. The number of benzene rings is 1. The standard InChI is InChI=1S/C18H22N6O4S2/c1-10(16(25)19-12-3-4-13-14(8-12)21-17(26)20-13)29-18-23-22-15(24(18)2)7-11-5-6-30(27,28)9-11/h3-4,8,10-11H,5-7,9H2,1-2H3,(H,19,25)(H2,20,21,26)/t10-,11-/m1/s1. The number of anilines is 1. The van der Waals surface area contributed by atoms with Crippen molar-refractivity contribution in [2.45, 2.75) is 30.2 Å². The maximum atomic E-state index is 12.6. The minimum Gasteiger partial charge on any atom is -0.325 e. The average molecular weight is 451 g/mol. The molecule has 10 nitrogen and oxygen atoms in total. The summed E-state index contributed by atoms with van der Waals surface area (Å²) in [7, 11) is -1.11. The fourth-order valence-corrected chi connectivity index (χ4v) is 6.18. The third-order valence-corrected chi connectivity index (χ3v) is 8.13. The first-order valence-electron chi connectivity index (χ1n) is 9.48. The molecular formula is C18H22N6O4S2. The van der Waals surface area contributed by atoms with Crippen molar-refractivity contribution in [3.8, 4) is 0 Å². The minimum atomic E-state index is -2.93. The Morgan fingerprint density at radius 3 is 2.83 bits per heavy atom. The maximum Gasteiger partial charge on any atom is 0.323 e. The van der Waals surface area contributed by atoms with E-state index in [4.69, 9.17) is 0 Å². The highest BCUT2D eigenvalue weighted by molar-refractivity contribution is 8.00. The second-order valence-electron chi connectivity index (χ2n) is 7.52. The van der Waals surface area contributed by atoms with Crippen molar-refractivity contribution in [2.24, 2.45) is 13.0 Å². The number of carbonyl (C=O) groups excluding carboxylic acids is 1. The van der Waals surface area contributed by atoms with Gasteiger partial charge in [0, 0.05) is 19.2 Å². The first kappa shape index (κ1) is 20.7. The summed E-state index contributed by atoms with van der Waals surface area (Å²) in [5.41, 5.74) is 1.56. The molecule has 1 aliphatic rings. The largest absolute Gasteiger partial charge is 0.325 e. The molecule has 1 aliphatic heterocycles. The Bertz CT molecular complexity index is 1260. The lowest BCUT2D eigenvalue weighted by Crippen LogP contribution is -2.22. The molecule has 1 amide bonds. The second kappa shape index (κ2) is 7.91. The topological polar surface area (TPSA) is 143 Å². The first-order valence-corrected chi connectivity index (χ1v) is 12.2. The van der Waals surface area contributed by atoms with Gasteiger partial charge in [-0.2, -0.15) is 0 Å².